The van der Waals surface area contributed by atoms with Crippen molar-refractivity contribution >= 4 is 17.8 Å². The number of hydrogen-bond acceptors (Lipinski definition) is 10. The minimum Gasteiger partial charge on any atom is -0.378 e. The van der Waals surface area contributed by atoms with Gasteiger partial charge in [-0.15, -0.1) is 0 Å². The summed E-state index contributed by atoms with van der Waals surface area (Å²) in [5.41, 5.74) is 5.37. The molecule has 0 radical (unpaired) electrons. The molecule has 4 N–H and O–H groups in total. The van der Waals surface area contributed by atoms with Crippen LogP contribution in [-0.4, -0.2) is 86.8 Å². The molecular weight excluding hydrogens is 362 g/mol. The zero-order valence-electron chi connectivity index (χ0n) is 16.6. The van der Waals surface area contributed by atoms with Gasteiger partial charge in [0.25, 0.3) is 0 Å². The maximum Gasteiger partial charge on any atom is 0.231 e. The number of nitrogens with zero attached hydrogens (tertiary/aromatic N) is 4. The SMILES string of the molecule is NCCOCCOCCNc1nc(NCC2CCCO2)nc(N2CCCC2)n1. The van der Waals surface area contributed by atoms with Crippen molar-refractivity contribution in [2.75, 3.05) is 81.3 Å². The summed E-state index contributed by atoms with van der Waals surface area (Å²) < 4.78 is 16.5. The third-order valence-corrected chi connectivity index (χ3v) is 4.69. The molecule has 10 heteroatoms. The fraction of sp³-hybridized carbons (Fsp3) is 0.833. The molecule has 28 heavy (non-hydrogen) atoms. The van der Waals surface area contributed by atoms with E-state index in [0.29, 0.717) is 51.4 Å². The molecule has 3 rings (SSSR count). The fourth-order valence-corrected chi connectivity index (χ4v) is 3.23. The lowest BCUT2D eigenvalue weighted by atomic mass is 10.2. The number of nitrogens with one attached hydrogen (secondary N) is 2. The third kappa shape index (κ3) is 7.01. The highest BCUT2D eigenvalue weighted by Gasteiger charge is 2.19. The van der Waals surface area contributed by atoms with Gasteiger partial charge in [-0.3, -0.25) is 0 Å². The van der Waals surface area contributed by atoms with Crippen LogP contribution in [0.5, 0.6) is 0 Å². The van der Waals surface area contributed by atoms with Crippen LogP contribution in [0.1, 0.15) is 25.7 Å². The topological polar surface area (TPSA) is 120 Å². The first-order chi connectivity index (χ1) is 13.8. The molecule has 0 spiro atoms. The van der Waals surface area contributed by atoms with Crippen LogP contribution < -0.4 is 21.3 Å². The van der Waals surface area contributed by atoms with Gasteiger partial charge in [-0.2, -0.15) is 15.0 Å². The van der Waals surface area contributed by atoms with E-state index in [2.05, 4.69) is 30.5 Å². The average Bonchev–Trinajstić information content (AvgIpc) is 3.42. The van der Waals surface area contributed by atoms with Crippen molar-refractivity contribution < 1.29 is 14.2 Å². The molecule has 1 aromatic heterocycles. The van der Waals surface area contributed by atoms with E-state index in [4.69, 9.17) is 19.9 Å². The number of ether oxygens (including phenoxy) is 3. The summed E-state index contributed by atoms with van der Waals surface area (Å²) in [6, 6.07) is 0. The Morgan fingerprint density at radius 3 is 2.43 bits per heavy atom. The summed E-state index contributed by atoms with van der Waals surface area (Å²) >= 11 is 0. The first-order valence-electron chi connectivity index (χ1n) is 10.3. The van der Waals surface area contributed by atoms with E-state index in [1.165, 1.54) is 12.8 Å². The smallest absolute Gasteiger partial charge is 0.231 e. The van der Waals surface area contributed by atoms with Gasteiger partial charge in [-0.1, -0.05) is 0 Å². The van der Waals surface area contributed by atoms with Crippen molar-refractivity contribution in [2.24, 2.45) is 5.73 Å². The maximum absolute atomic E-state index is 5.67. The molecule has 0 aliphatic carbocycles. The van der Waals surface area contributed by atoms with Gasteiger partial charge >= 0.3 is 0 Å². The average molecular weight is 396 g/mol. The van der Waals surface area contributed by atoms with E-state index in [9.17, 15) is 0 Å². The van der Waals surface area contributed by atoms with Gasteiger partial charge in [0, 0.05) is 39.3 Å². The normalized spacial score (nSPS) is 19.3. The van der Waals surface area contributed by atoms with E-state index < -0.39 is 0 Å². The van der Waals surface area contributed by atoms with Crippen LogP contribution in [-0.2, 0) is 14.2 Å². The number of hydrogen-bond donors (Lipinski definition) is 3. The van der Waals surface area contributed by atoms with Crippen LogP contribution in [0, 0.1) is 0 Å². The minimum atomic E-state index is 0.235. The fourth-order valence-electron chi connectivity index (χ4n) is 3.23. The van der Waals surface area contributed by atoms with Crippen LogP contribution in [0.15, 0.2) is 0 Å². The van der Waals surface area contributed by atoms with Crippen molar-refractivity contribution in [3.05, 3.63) is 0 Å². The monoisotopic (exact) mass is 395 g/mol. The lowest BCUT2D eigenvalue weighted by molar-refractivity contribution is 0.0547. The highest BCUT2D eigenvalue weighted by atomic mass is 16.5. The van der Waals surface area contributed by atoms with Crippen molar-refractivity contribution in [1.29, 1.82) is 0 Å². The quantitative estimate of drug-likeness (QED) is 0.406. The molecule has 1 atom stereocenters. The van der Waals surface area contributed by atoms with Crippen LogP contribution in [0.3, 0.4) is 0 Å². The molecular formula is C18H33N7O3. The Kier molecular flexibility index (Phi) is 8.95. The van der Waals surface area contributed by atoms with Gasteiger partial charge in [0.15, 0.2) is 0 Å². The van der Waals surface area contributed by atoms with E-state index in [0.717, 1.165) is 45.0 Å². The molecule has 3 heterocycles. The molecule has 1 aromatic rings. The highest BCUT2D eigenvalue weighted by Crippen LogP contribution is 2.19. The summed E-state index contributed by atoms with van der Waals surface area (Å²) in [5.74, 6) is 1.88. The lowest BCUT2D eigenvalue weighted by Crippen LogP contribution is -2.24. The number of anilines is 3. The molecule has 2 saturated heterocycles. The number of aromatic nitrogens is 3. The van der Waals surface area contributed by atoms with E-state index in [1.54, 1.807) is 0 Å². The largest absolute Gasteiger partial charge is 0.378 e. The summed E-state index contributed by atoms with van der Waals surface area (Å²) in [4.78, 5) is 15.9. The predicted octanol–water partition coefficient (Wildman–Crippen LogP) is 0.467. The Balaban J connectivity index is 1.48. The van der Waals surface area contributed by atoms with Crippen LogP contribution >= 0.6 is 0 Å². The Bertz CT molecular complexity index is 566. The first kappa shape index (κ1) is 21.0. The first-order valence-corrected chi connectivity index (χ1v) is 10.3. The lowest BCUT2D eigenvalue weighted by Gasteiger charge is -2.18. The minimum absolute atomic E-state index is 0.235. The van der Waals surface area contributed by atoms with Crippen molar-refractivity contribution in [2.45, 2.75) is 31.8 Å². The zero-order chi connectivity index (χ0) is 19.4. The third-order valence-electron chi connectivity index (χ3n) is 4.69. The van der Waals surface area contributed by atoms with Gasteiger partial charge in [0.2, 0.25) is 17.8 Å². The Labute approximate surface area is 166 Å². The van der Waals surface area contributed by atoms with Gasteiger partial charge in [-0.25, -0.2) is 0 Å². The molecule has 0 amide bonds. The molecule has 2 fully saturated rings. The molecule has 0 saturated carbocycles. The molecule has 0 bridgehead atoms. The Morgan fingerprint density at radius 1 is 0.964 bits per heavy atom. The highest BCUT2D eigenvalue weighted by molar-refractivity contribution is 5.44. The molecule has 158 valence electrons. The summed E-state index contributed by atoms with van der Waals surface area (Å²) in [5, 5.41) is 6.54. The van der Waals surface area contributed by atoms with Crippen LogP contribution in [0.25, 0.3) is 0 Å². The molecule has 10 nitrogen and oxygen atoms in total. The number of rotatable bonds is 13. The second-order valence-corrected chi connectivity index (χ2v) is 6.93. The van der Waals surface area contributed by atoms with Crippen molar-refractivity contribution in [3.8, 4) is 0 Å². The number of nitrogens with two attached hydrogens (primary N) is 1. The predicted molar refractivity (Wildman–Crippen MR) is 108 cm³/mol. The second-order valence-electron chi connectivity index (χ2n) is 6.93. The summed E-state index contributed by atoms with van der Waals surface area (Å²) in [6.07, 6.45) is 4.78. The summed E-state index contributed by atoms with van der Waals surface area (Å²) in [7, 11) is 0. The Morgan fingerprint density at radius 2 is 1.71 bits per heavy atom. The van der Waals surface area contributed by atoms with E-state index >= 15 is 0 Å². The zero-order valence-corrected chi connectivity index (χ0v) is 16.6. The maximum atomic E-state index is 5.67. The van der Waals surface area contributed by atoms with E-state index in [-0.39, 0.29) is 6.10 Å². The van der Waals surface area contributed by atoms with Gasteiger partial charge in [0.05, 0.1) is 32.5 Å². The molecule has 0 aromatic carbocycles. The Hall–Kier alpha value is -1.75. The second kappa shape index (κ2) is 11.9. The van der Waals surface area contributed by atoms with Crippen molar-refractivity contribution in [1.82, 2.24) is 15.0 Å². The molecule has 2 aliphatic rings. The van der Waals surface area contributed by atoms with E-state index in [1.807, 2.05) is 0 Å². The van der Waals surface area contributed by atoms with Gasteiger partial charge in [0.1, 0.15) is 0 Å². The van der Waals surface area contributed by atoms with Gasteiger partial charge in [-0.05, 0) is 25.7 Å². The van der Waals surface area contributed by atoms with Gasteiger partial charge < -0.3 is 35.5 Å². The van der Waals surface area contributed by atoms with Crippen LogP contribution in [0.2, 0.25) is 0 Å². The molecule has 2 aliphatic heterocycles. The van der Waals surface area contributed by atoms with Crippen LogP contribution in [0.4, 0.5) is 17.8 Å². The summed E-state index contributed by atoms with van der Waals surface area (Å²) in [6.45, 7) is 6.89. The van der Waals surface area contributed by atoms with Crippen molar-refractivity contribution in [3.63, 3.8) is 0 Å². The molecule has 1 unspecified atom stereocenters. The standard InChI is InChI=1S/C18H33N7O3/c19-5-10-26-12-13-27-11-6-20-16-22-17(21-14-15-4-3-9-28-15)24-18(23-16)25-7-1-2-8-25/h15H,1-14,19H2,(H2,20,21,22,23,24).